The van der Waals surface area contributed by atoms with E-state index in [2.05, 4.69) is 4.98 Å². The van der Waals surface area contributed by atoms with Crippen LogP contribution < -0.4 is 5.73 Å². The van der Waals surface area contributed by atoms with E-state index in [1.165, 1.54) is 4.90 Å². The van der Waals surface area contributed by atoms with Gasteiger partial charge in [0.05, 0.1) is 5.52 Å². The van der Waals surface area contributed by atoms with Crippen molar-refractivity contribution in [1.29, 1.82) is 0 Å². The van der Waals surface area contributed by atoms with Crippen molar-refractivity contribution < 1.29 is 5.11 Å². The molecule has 3 N–H and O–H groups in total. The Hall–Kier alpha value is -1.26. The average Bonchev–Trinajstić information content (AvgIpc) is 2.35. The topological polar surface area (TPSA) is 59.1 Å². The molecule has 2 rings (SSSR count). The third-order valence-electron chi connectivity index (χ3n) is 2.56. The van der Waals surface area contributed by atoms with Gasteiger partial charge >= 0.3 is 0 Å². The van der Waals surface area contributed by atoms with Gasteiger partial charge in [0.25, 0.3) is 0 Å². The number of nitrogen functional groups attached to an aromatic ring is 1. The van der Waals surface area contributed by atoms with Crippen LogP contribution in [-0.4, -0.2) is 22.5 Å². The number of aliphatic hydroxyl groups excluding tert-OH is 1. The Morgan fingerprint density at radius 3 is 3.00 bits per heavy atom. The van der Waals surface area contributed by atoms with Gasteiger partial charge in [-0.15, -0.1) is 11.8 Å². The molecule has 0 aliphatic heterocycles. The summed E-state index contributed by atoms with van der Waals surface area (Å²) in [5.74, 6) is 1.21. The number of nitrogens with two attached hydrogens (primary N) is 1. The number of hydrogen-bond donors (Lipinski definition) is 2. The van der Waals surface area contributed by atoms with Crippen LogP contribution in [0.15, 0.2) is 35.4 Å². The normalized spacial score (nSPS) is 12.8. The van der Waals surface area contributed by atoms with Crippen LogP contribution >= 0.6 is 11.8 Å². The molecule has 0 aliphatic rings. The van der Waals surface area contributed by atoms with E-state index in [-0.39, 0.29) is 6.61 Å². The highest BCUT2D eigenvalue weighted by atomic mass is 32.2. The van der Waals surface area contributed by atoms with E-state index in [4.69, 9.17) is 10.8 Å². The quantitative estimate of drug-likeness (QED) is 0.645. The number of nitrogens with zero attached hydrogens (tertiary/aromatic N) is 1. The van der Waals surface area contributed by atoms with Crippen molar-refractivity contribution in [3.63, 3.8) is 0 Å². The number of thioether (sulfide) groups is 1. The smallest absolute Gasteiger partial charge is 0.0733 e. The van der Waals surface area contributed by atoms with Gasteiger partial charge in [-0.25, -0.2) is 0 Å². The Balaban J connectivity index is 2.28. The fourth-order valence-electron chi connectivity index (χ4n) is 1.55. The molecule has 0 saturated carbocycles. The van der Waals surface area contributed by atoms with Crippen molar-refractivity contribution in [3.05, 3.63) is 30.5 Å². The fourth-order valence-corrected chi connectivity index (χ4v) is 2.60. The standard InChI is InChI=1S/C13H16N2OS/c1-9(7-16)8-17-13-4-5-15-12-6-10(14)2-3-11(12)13/h2-6,9,16H,7-8,14H2,1H3. The van der Waals surface area contributed by atoms with E-state index in [9.17, 15) is 0 Å². The maximum absolute atomic E-state index is 9.02. The highest BCUT2D eigenvalue weighted by Crippen LogP contribution is 2.28. The molecule has 0 aliphatic carbocycles. The Morgan fingerprint density at radius 2 is 2.24 bits per heavy atom. The van der Waals surface area contributed by atoms with Crippen molar-refractivity contribution in [1.82, 2.24) is 4.98 Å². The minimum atomic E-state index is 0.225. The molecular formula is C13H16N2OS. The average molecular weight is 248 g/mol. The summed E-state index contributed by atoms with van der Waals surface area (Å²) in [5, 5.41) is 10.1. The number of anilines is 1. The van der Waals surface area contributed by atoms with Gasteiger partial charge in [0.2, 0.25) is 0 Å². The first kappa shape index (κ1) is 12.2. The van der Waals surface area contributed by atoms with Crippen LogP contribution in [0.5, 0.6) is 0 Å². The molecule has 0 spiro atoms. The zero-order valence-corrected chi connectivity index (χ0v) is 10.6. The van der Waals surface area contributed by atoms with E-state index >= 15 is 0 Å². The number of aromatic nitrogens is 1. The van der Waals surface area contributed by atoms with Gasteiger partial charge in [-0.05, 0) is 30.2 Å². The lowest BCUT2D eigenvalue weighted by Gasteiger charge is -2.09. The first-order valence-electron chi connectivity index (χ1n) is 5.58. The first-order chi connectivity index (χ1) is 8.20. The molecule has 1 aromatic carbocycles. The molecule has 2 aromatic rings. The SMILES string of the molecule is CC(CO)CSc1ccnc2cc(N)ccc12. The molecule has 0 saturated heterocycles. The maximum Gasteiger partial charge on any atom is 0.0733 e. The molecule has 3 nitrogen and oxygen atoms in total. The lowest BCUT2D eigenvalue weighted by atomic mass is 10.2. The van der Waals surface area contributed by atoms with Crippen molar-refractivity contribution in [2.45, 2.75) is 11.8 Å². The second-order valence-corrected chi connectivity index (χ2v) is 5.25. The van der Waals surface area contributed by atoms with Crippen molar-refractivity contribution >= 4 is 28.4 Å². The molecule has 4 heteroatoms. The van der Waals surface area contributed by atoms with Crippen molar-refractivity contribution in [3.8, 4) is 0 Å². The summed E-state index contributed by atoms with van der Waals surface area (Å²) < 4.78 is 0. The molecule has 1 heterocycles. The monoisotopic (exact) mass is 248 g/mol. The first-order valence-corrected chi connectivity index (χ1v) is 6.57. The van der Waals surface area contributed by atoms with Crippen LogP contribution in [0.4, 0.5) is 5.69 Å². The Bertz CT molecular complexity index is 516. The number of hydrogen-bond acceptors (Lipinski definition) is 4. The van der Waals surface area contributed by atoms with Gasteiger partial charge in [-0.1, -0.05) is 6.92 Å². The molecule has 0 amide bonds. The minimum Gasteiger partial charge on any atom is -0.399 e. The van der Waals surface area contributed by atoms with E-state index in [0.717, 1.165) is 22.3 Å². The largest absolute Gasteiger partial charge is 0.399 e. The third-order valence-corrected chi connectivity index (χ3v) is 3.96. The predicted octanol–water partition coefficient (Wildman–Crippen LogP) is 2.54. The number of aliphatic hydroxyl groups is 1. The van der Waals surface area contributed by atoms with Gasteiger partial charge in [-0.3, -0.25) is 4.98 Å². The van der Waals surface area contributed by atoms with Crippen LogP contribution in [0.3, 0.4) is 0 Å². The van der Waals surface area contributed by atoms with E-state index in [1.807, 2.05) is 31.2 Å². The lowest BCUT2D eigenvalue weighted by Crippen LogP contribution is -2.03. The summed E-state index contributed by atoms with van der Waals surface area (Å²) in [6, 6.07) is 7.79. The fraction of sp³-hybridized carbons (Fsp3) is 0.308. The molecular weight excluding hydrogens is 232 g/mol. The number of benzene rings is 1. The Morgan fingerprint density at radius 1 is 1.41 bits per heavy atom. The molecule has 1 unspecified atom stereocenters. The highest BCUT2D eigenvalue weighted by molar-refractivity contribution is 7.99. The van der Waals surface area contributed by atoms with Crippen LogP contribution in [0.25, 0.3) is 10.9 Å². The van der Waals surface area contributed by atoms with Gasteiger partial charge in [0.1, 0.15) is 0 Å². The van der Waals surface area contributed by atoms with Crippen molar-refractivity contribution in [2.24, 2.45) is 5.92 Å². The van der Waals surface area contributed by atoms with Gasteiger partial charge in [0.15, 0.2) is 0 Å². The zero-order valence-electron chi connectivity index (χ0n) is 9.76. The second kappa shape index (κ2) is 5.38. The van der Waals surface area contributed by atoms with E-state index in [1.54, 1.807) is 18.0 Å². The third kappa shape index (κ3) is 2.90. The molecule has 17 heavy (non-hydrogen) atoms. The second-order valence-electron chi connectivity index (χ2n) is 4.18. The predicted molar refractivity (Wildman–Crippen MR) is 73.1 cm³/mol. The summed E-state index contributed by atoms with van der Waals surface area (Å²) >= 11 is 1.75. The van der Waals surface area contributed by atoms with Crippen LogP contribution in [0.2, 0.25) is 0 Å². The minimum absolute atomic E-state index is 0.225. The summed E-state index contributed by atoms with van der Waals surface area (Å²) in [6.07, 6.45) is 1.80. The van der Waals surface area contributed by atoms with Gasteiger partial charge < -0.3 is 10.8 Å². The number of rotatable bonds is 4. The Labute approximate surface area is 105 Å². The summed E-state index contributed by atoms with van der Waals surface area (Å²) in [7, 11) is 0. The van der Waals surface area contributed by atoms with Crippen LogP contribution in [-0.2, 0) is 0 Å². The Kier molecular flexibility index (Phi) is 3.86. The molecule has 1 atom stereocenters. The molecule has 0 radical (unpaired) electrons. The molecule has 1 aromatic heterocycles. The number of pyridine rings is 1. The summed E-state index contributed by atoms with van der Waals surface area (Å²) in [6.45, 7) is 2.26. The van der Waals surface area contributed by atoms with E-state index in [0.29, 0.717) is 5.92 Å². The van der Waals surface area contributed by atoms with Crippen molar-refractivity contribution in [2.75, 3.05) is 18.1 Å². The van der Waals surface area contributed by atoms with Crippen LogP contribution in [0.1, 0.15) is 6.92 Å². The zero-order chi connectivity index (χ0) is 12.3. The van der Waals surface area contributed by atoms with Crippen LogP contribution in [0, 0.1) is 5.92 Å². The maximum atomic E-state index is 9.02. The number of fused-ring (bicyclic) bond motifs is 1. The lowest BCUT2D eigenvalue weighted by molar-refractivity contribution is 0.250. The van der Waals surface area contributed by atoms with E-state index < -0.39 is 0 Å². The molecule has 90 valence electrons. The summed E-state index contributed by atoms with van der Waals surface area (Å²) in [4.78, 5) is 5.50. The van der Waals surface area contributed by atoms with Gasteiger partial charge in [0, 0.05) is 34.5 Å². The summed E-state index contributed by atoms with van der Waals surface area (Å²) in [5.41, 5.74) is 7.39. The highest BCUT2D eigenvalue weighted by Gasteiger charge is 2.05. The molecule has 0 bridgehead atoms. The van der Waals surface area contributed by atoms with Gasteiger partial charge in [-0.2, -0.15) is 0 Å². The molecule has 0 fully saturated rings.